The van der Waals surface area contributed by atoms with Crippen LogP contribution in [0, 0.1) is 0 Å². The summed E-state index contributed by atoms with van der Waals surface area (Å²) in [7, 11) is 0. The van der Waals surface area contributed by atoms with Gasteiger partial charge in [0.05, 0.1) is 6.61 Å². The van der Waals surface area contributed by atoms with E-state index in [1.165, 1.54) is 0 Å². The molecule has 0 bridgehead atoms. The van der Waals surface area contributed by atoms with Crippen LogP contribution in [-0.2, 0) is 6.54 Å². The molecule has 2 rings (SSSR count). The molecule has 0 aliphatic heterocycles. The third-order valence-electron chi connectivity index (χ3n) is 2.81. The zero-order valence-corrected chi connectivity index (χ0v) is 13.0. The summed E-state index contributed by atoms with van der Waals surface area (Å²) in [5.41, 5.74) is 6.72. The molecule has 0 fully saturated rings. The monoisotopic (exact) mass is 335 g/mol. The first-order valence-corrected chi connectivity index (χ1v) is 7.42. The molecule has 0 radical (unpaired) electrons. The number of ether oxygens (including phenoxy) is 2. The molecular weight excluding hydrogens is 318 g/mol. The Hall–Kier alpha value is -1.52. The minimum Gasteiger partial charge on any atom is -0.490 e. The van der Waals surface area contributed by atoms with Crippen LogP contribution in [0.25, 0.3) is 0 Å². The van der Waals surface area contributed by atoms with E-state index in [1.54, 1.807) is 0 Å². The topological polar surface area (TPSA) is 44.5 Å². The number of nitrogens with two attached hydrogens (primary N) is 1. The molecule has 106 valence electrons. The zero-order chi connectivity index (χ0) is 14.4. The van der Waals surface area contributed by atoms with Crippen LogP contribution in [0.2, 0.25) is 0 Å². The molecule has 2 aromatic rings. The molecule has 0 aromatic heterocycles. The minimum atomic E-state index is 0.411. The number of hydrogen-bond donors (Lipinski definition) is 1. The summed E-state index contributed by atoms with van der Waals surface area (Å²) in [6.45, 7) is 3.15. The van der Waals surface area contributed by atoms with Crippen molar-refractivity contribution in [3.63, 3.8) is 0 Å². The maximum atomic E-state index is 5.97. The molecule has 4 heteroatoms. The van der Waals surface area contributed by atoms with Crippen molar-refractivity contribution < 1.29 is 9.47 Å². The molecule has 0 heterocycles. The highest BCUT2D eigenvalue weighted by Crippen LogP contribution is 2.35. The molecule has 20 heavy (non-hydrogen) atoms. The summed E-state index contributed by atoms with van der Waals surface area (Å²) in [5.74, 6) is 2.19. The van der Waals surface area contributed by atoms with Gasteiger partial charge in [0, 0.05) is 16.6 Å². The Kier molecular flexibility index (Phi) is 5.44. The lowest BCUT2D eigenvalue weighted by Gasteiger charge is -2.14. The van der Waals surface area contributed by atoms with Crippen molar-refractivity contribution in [3.8, 4) is 17.2 Å². The molecule has 0 aliphatic rings. The Morgan fingerprint density at radius 2 is 1.70 bits per heavy atom. The highest BCUT2D eigenvalue weighted by Gasteiger charge is 2.10. The van der Waals surface area contributed by atoms with Crippen molar-refractivity contribution in [1.82, 2.24) is 0 Å². The highest BCUT2D eigenvalue weighted by atomic mass is 79.9. The Balaban J connectivity index is 2.28. The Morgan fingerprint density at radius 3 is 2.40 bits per heavy atom. The van der Waals surface area contributed by atoms with Gasteiger partial charge in [0.15, 0.2) is 11.5 Å². The van der Waals surface area contributed by atoms with Gasteiger partial charge in [-0.2, -0.15) is 0 Å². The van der Waals surface area contributed by atoms with Crippen molar-refractivity contribution in [2.24, 2.45) is 5.73 Å². The second-order valence-electron chi connectivity index (χ2n) is 4.32. The molecule has 0 unspecified atom stereocenters. The van der Waals surface area contributed by atoms with Gasteiger partial charge in [-0.25, -0.2) is 0 Å². The summed E-state index contributed by atoms with van der Waals surface area (Å²) in [6.07, 6.45) is 0.958. The molecule has 0 spiro atoms. The lowest BCUT2D eigenvalue weighted by Crippen LogP contribution is -2.02. The quantitative estimate of drug-likeness (QED) is 0.845. The average Bonchev–Trinajstić information content (AvgIpc) is 2.47. The molecular formula is C16H18BrNO2. The second kappa shape index (κ2) is 7.31. The highest BCUT2D eigenvalue weighted by molar-refractivity contribution is 9.10. The lowest BCUT2D eigenvalue weighted by atomic mass is 10.2. The van der Waals surface area contributed by atoms with Crippen LogP contribution < -0.4 is 15.2 Å². The van der Waals surface area contributed by atoms with Gasteiger partial charge < -0.3 is 15.2 Å². The first kappa shape index (κ1) is 14.9. The van der Waals surface area contributed by atoms with Crippen molar-refractivity contribution in [2.75, 3.05) is 6.61 Å². The lowest BCUT2D eigenvalue weighted by molar-refractivity contribution is 0.302. The molecule has 2 N–H and O–H groups in total. The fraction of sp³-hybridized carbons (Fsp3) is 0.250. The summed E-state index contributed by atoms with van der Waals surface area (Å²) in [5, 5.41) is 0. The van der Waals surface area contributed by atoms with Gasteiger partial charge in [0.1, 0.15) is 5.75 Å². The van der Waals surface area contributed by atoms with Crippen molar-refractivity contribution in [2.45, 2.75) is 19.9 Å². The van der Waals surface area contributed by atoms with Crippen LogP contribution in [0.5, 0.6) is 17.2 Å². The Labute approximate surface area is 127 Å². The van der Waals surface area contributed by atoms with E-state index < -0.39 is 0 Å². The molecule has 0 saturated heterocycles. The van der Waals surface area contributed by atoms with Crippen molar-refractivity contribution >= 4 is 15.9 Å². The van der Waals surface area contributed by atoms with Gasteiger partial charge in [0.2, 0.25) is 0 Å². The number of halogens is 1. The van der Waals surface area contributed by atoms with Gasteiger partial charge in [0.25, 0.3) is 0 Å². The Morgan fingerprint density at radius 1 is 1.00 bits per heavy atom. The van der Waals surface area contributed by atoms with E-state index in [1.807, 2.05) is 42.5 Å². The fourth-order valence-electron chi connectivity index (χ4n) is 1.82. The van der Waals surface area contributed by atoms with Crippen molar-refractivity contribution in [1.29, 1.82) is 0 Å². The average molecular weight is 336 g/mol. The van der Waals surface area contributed by atoms with Gasteiger partial charge in [-0.15, -0.1) is 0 Å². The maximum absolute atomic E-state index is 5.97. The van der Waals surface area contributed by atoms with E-state index in [0.717, 1.165) is 28.0 Å². The minimum absolute atomic E-state index is 0.411. The number of benzene rings is 2. The number of hydrogen-bond acceptors (Lipinski definition) is 3. The third kappa shape index (κ3) is 3.52. The van der Waals surface area contributed by atoms with Crippen LogP contribution in [0.15, 0.2) is 46.9 Å². The van der Waals surface area contributed by atoms with Crippen molar-refractivity contribution in [3.05, 3.63) is 52.5 Å². The molecule has 0 atom stereocenters. The molecule has 0 saturated carbocycles. The molecule has 3 nitrogen and oxygen atoms in total. The van der Waals surface area contributed by atoms with E-state index in [-0.39, 0.29) is 0 Å². The van der Waals surface area contributed by atoms with Crippen LogP contribution in [0.4, 0.5) is 0 Å². The van der Waals surface area contributed by atoms with Gasteiger partial charge in [-0.3, -0.25) is 0 Å². The fourth-order valence-corrected chi connectivity index (χ4v) is 2.33. The molecule has 0 amide bonds. The predicted molar refractivity (Wildman–Crippen MR) is 84.3 cm³/mol. The van der Waals surface area contributed by atoms with Crippen LogP contribution in [0.3, 0.4) is 0 Å². The molecule has 0 aliphatic carbocycles. The Bertz CT molecular complexity index is 572. The summed E-state index contributed by atoms with van der Waals surface area (Å²) >= 11 is 3.49. The predicted octanol–water partition coefficient (Wildman–Crippen LogP) is 4.49. The van der Waals surface area contributed by atoms with E-state index in [0.29, 0.717) is 18.9 Å². The largest absolute Gasteiger partial charge is 0.490 e. The van der Waals surface area contributed by atoms with Gasteiger partial charge in [-0.05, 0) is 30.7 Å². The third-order valence-corrected chi connectivity index (χ3v) is 3.55. The van der Waals surface area contributed by atoms with Gasteiger partial charge >= 0.3 is 0 Å². The summed E-state index contributed by atoms with van der Waals surface area (Å²) < 4.78 is 12.6. The first-order chi connectivity index (χ1) is 9.76. The van der Waals surface area contributed by atoms with Crippen LogP contribution in [0.1, 0.15) is 18.9 Å². The van der Waals surface area contributed by atoms with E-state index in [4.69, 9.17) is 15.2 Å². The van der Waals surface area contributed by atoms with Crippen LogP contribution >= 0.6 is 15.9 Å². The number of rotatable bonds is 6. The second-order valence-corrected chi connectivity index (χ2v) is 5.17. The maximum Gasteiger partial charge on any atom is 0.169 e. The van der Waals surface area contributed by atoms with Gasteiger partial charge in [-0.1, -0.05) is 41.1 Å². The van der Waals surface area contributed by atoms with E-state index in [9.17, 15) is 0 Å². The number of para-hydroxylation sites is 2. The molecule has 2 aromatic carbocycles. The normalized spacial score (nSPS) is 10.3. The summed E-state index contributed by atoms with van der Waals surface area (Å²) in [6, 6.07) is 13.4. The standard InChI is InChI=1S/C16H18BrNO2/c1-2-10-19-15-7-3-4-8-16(15)20-14-9-5-6-13(17)12(14)11-18/h3-9H,2,10-11,18H2,1H3. The SMILES string of the molecule is CCCOc1ccccc1Oc1cccc(Br)c1CN. The zero-order valence-electron chi connectivity index (χ0n) is 11.4. The summed E-state index contributed by atoms with van der Waals surface area (Å²) in [4.78, 5) is 0. The first-order valence-electron chi connectivity index (χ1n) is 6.63. The smallest absolute Gasteiger partial charge is 0.169 e. The van der Waals surface area contributed by atoms with Crippen LogP contribution in [-0.4, -0.2) is 6.61 Å². The van der Waals surface area contributed by atoms with E-state index in [2.05, 4.69) is 22.9 Å². The van der Waals surface area contributed by atoms with E-state index >= 15 is 0 Å².